The van der Waals surface area contributed by atoms with Gasteiger partial charge >= 0.3 is 0 Å². The molecular formula is C47H39NSi. The second kappa shape index (κ2) is 12.7. The molecule has 0 aliphatic carbocycles. The minimum Gasteiger partial charge on any atom is -0.316 e. The molecule has 0 saturated carbocycles. The largest absolute Gasteiger partial charge is 0.316 e. The Labute approximate surface area is 290 Å². The monoisotopic (exact) mass is 645 g/mol. The Bertz CT molecular complexity index is 2340. The summed E-state index contributed by atoms with van der Waals surface area (Å²) in [7, 11) is -1.33. The molecule has 0 saturated heterocycles. The molecule has 8 rings (SSSR count). The standard InChI is InChI=1S/C47H39NSi/c1-49(2,3)44-29-24-39(25-30-44)38-22-27-43(28-23-38)48-33-46(41-20-18-37(19-21-41)35-12-8-5-9-13-35)45-32-42(26-31-47(45)48)40-16-14-36(15-17-40)34-10-6-4-7-11-34/h4-33H,1-3H3. The van der Waals surface area contributed by atoms with Gasteiger partial charge in [0, 0.05) is 22.8 Å². The zero-order chi connectivity index (χ0) is 33.4. The van der Waals surface area contributed by atoms with E-state index in [1.165, 1.54) is 71.7 Å². The van der Waals surface area contributed by atoms with E-state index in [0.717, 1.165) is 5.69 Å². The number of fused-ring (bicyclic) bond motifs is 1. The van der Waals surface area contributed by atoms with Crippen LogP contribution in [0.5, 0.6) is 0 Å². The third-order valence-corrected chi connectivity index (χ3v) is 11.7. The van der Waals surface area contributed by atoms with Gasteiger partial charge < -0.3 is 4.57 Å². The van der Waals surface area contributed by atoms with Gasteiger partial charge in [-0.3, -0.25) is 0 Å². The number of nitrogens with zero attached hydrogens (tertiary/aromatic N) is 1. The van der Waals surface area contributed by atoms with Crippen LogP contribution in [0.4, 0.5) is 0 Å². The molecule has 1 aromatic heterocycles. The normalized spacial score (nSPS) is 11.6. The fourth-order valence-electron chi connectivity index (χ4n) is 6.79. The number of hydrogen-bond acceptors (Lipinski definition) is 0. The van der Waals surface area contributed by atoms with Crippen LogP contribution in [0.3, 0.4) is 0 Å². The van der Waals surface area contributed by atoms with Crippen LogP contribution in [0.15, 0.2) is 182 Å². The Balaban J connectivity index is 1.19. The van der Waals surface area contributed by atoms with E-state index in [1.54, 1.807) is 0 Å². The Morgan fingerprint density at radius 2 is 0.755 bits per heavy atom. The van der Waals surface area contributed by atoms with Crippen molar-refractivity contribution in [2.24, 2.45) is 0 Å². The molecular weight excluding hydrogens is 607 g/mol. The molecule has 2 heteroatoms. The van der Waals surface area contributed by atoms with E-state index < -0.39 is 8.07 Å². The van der Waals surface area contributed by atoms with Crippen molar-refractivity contribution >= 4 is 24.2 Å². The smallest absolute Gasteiger partial charge is 0.0775 e. The summed E-state index contributed by atoms with van der Waals surface area (Å²) in [6, 6.07) is 64.2. The maximum atomic E-state index is 2.40. The SMILES string of the molecule is C[Si](C)(C)c1ccc(-c2ccc(-n3cc(-c4ccc(-c5ccccc5)cc4)c4cc(-c5ccc(-c6ccccc6)cc5)ccc43)cc2)cc1. The fourth-order valence-corrected chi connectivity index (χ4v) is 7.96. The summed E-state index contributed by atoms with van der Waals surface area (Å²) >= 11 is 0. The highest BCUT2D eigenvalue weighted by Gasteiger charge is 2.17. The van der Waals surface area contributed by atoms with E-state index in [2.05, 4.69) is 206 Å². The number of rotatable bonds is 7. The van der Waals surface area contributed by atoms with E-state index in [0.29, 0.717) is 0 Å². The third kappa shape index (κ3) is 6.19. The average molecular weight is 646 g/mol. The molecule has 1 heterocycles. The highest BCUT2D eigenvalue weighted by atomic mass is 28.3. The van der Waals surface area contributed by atoms with E-state index >= 15 is 0 Å². The van der Waals surface area contributed by atoms with Crippen molar-refractivity contribution < 1.29 is 0 Å². The van der Waals surface area contributed by atoms with Crippen LogP contribution in [-0.2, 0) is 0 Å². The highest BCUT2D eigenvalue weighted by molar-refractivity contribution is 6.88. The molecule has 7 aromatic carbocycles. The molecule has 0 aliphatic rings. The Morgan fingerprint density at radius 1 is 0.367 bits per heavy atom. The average Bonchev–Trinajstić information content (AvgIpc) is 3.54. The van der Waals surface area contributed by atoms with Gasteiger partial charge in [-0.2, -0.15) is 0 Å². The topological polar surface area (TPSA) is 4.93 Å². The Hall–Kier alpha value is -5.70. The van der Waals surface area contributed by atoms with E-state index in [9.17, 15) is 0 Å². The molecule has 0 aliphatic heterocycles. The van der Waals surface area contributed by atoms with Crippen LogP contribution in [-0.4, -0.2) is 12.6 Å². The van der Waals surface area contributed by atoms with Crippen LogP contribution in [0.25, 0.3) is 72.2 Å². The lowest BCUT2D eigenvalue weighted by atomic mass is 9.97. The zero-order valence-corrected chi connectivity index (χ0v) is 29.3. The summed E-state index contributed by atoms with van der Waals surface area (Å²) in [5.41, 5.74) is 14.6. The predicted molar refractivity (Wildman–Crippen MR) is 213 cm³/mol. The van der Waals surface area contributed by atoms with Crippen LogP contribution in [0.1, 0.15) is 0 Å². The van der Waals surface area contributed by atoms with Gasteiger partial charge in [0.25, 0.3) is 0 Å². The molecule has 0 atom stereocenters. The summed E-state index contributed by atoms with van der Waals surface area (Å²) in [5, 5.41) is 2.73. The van der Waals surface area contributed by atoms with Crippen molar-refractivity contribution in [2.45, 2.75) is 19.6 Å². The van der Waals surface area contributed by atoms with Crippen LogP contribution in [0.2, 0.25) is 19.6 Å². The molecule has 236 valence electrons. The van der Waals surface area contributed by atoms with Gasteiger partial charge in [-0.15, -0.1) is 0 Å². The second-order valence-electron chi connectivity index (χ2n) is 13.9. The Morgan fingerprint density at radius 3 is 1.24 bits per heavy atom. The number of benzene rings is 7. The molecule has 8 aromatic rings. The molecule has 0 fully saturated rings. The van der Waals surface area contributed by atoms with E-state index in [1.807, 2.05) is 0 Å². The first kappa shape index (κ1) is 30.6. The predicted octanol–water partition coefficient (Wildman–Crippen LogP) is 12.5. The lowest BCUT2D eigenvalue weighted by molar-refractivity contribution is 1.13. The molecule has 49 heavy (non-hydrogen) atoms. The third-order valence-electron chi connectivity index (χ3n) is 9.66. The van der Waals surface area contributed by atoms with Crippen LogP contribution in [0, 0.1) is 0 Å². The zero-order valence-electron chi connectivity index (χ0n) is 28.3. The summed E-state index contributed by atoms with van der Waals surface area (Å²) < 4.78 is 2.34. The van der Waals surface area contributed by atoms with Gasteiger partial charge in [-0.1, -0.05) is 176 Å². The van der Waals surface area contributed by atoms with Crippen molar-refractivity contribution in [2.75, 3.05) is 0 Å². The fraction of sp³-hybridized carbons (Fsp3) is 0.0638. The van der Waals surface area contributed by atoms with Gasteiger partial charge in [0.2, 0.25) is 0 Å². The van der Waals surface area contributed by atoms with Gasteiger partial charge in [0.05, 0.1) is 13.6 Å². The van der Waals surface area contributed by atoms with Gasteiger partial charge in [0.1, 0.15) is 0 Å². The highest BCUT2D eigenvalue weighted by Crippen LogP contribution is 2.37. The van der Waals surface area contributed by atoms with Crippen molar-refractivity contribution in [3.63, 3.8) is 0 Å². The van der Waals surface area contributed by atoms with Gasteiger partial charge in [0.15, 0.2) is 0 Å². The summed E-state index contributed by atoms with van der Waals surface area (Å²) in [5.74, 6) is 0. The van der Waals surface area contributed by atoms with Crippen molar-refractivity contribution in [1.82, 2.24) is 4.57 Å². The summed E-state index contributed by atoms with van der Waals surface area (Å²) in [6.07, 6.45) is 2.31. The molecule has 0 amide bonds. The van der Waals surface area contributed by atoms with Crippen molar-refractivity contribution in [1.29, 1.82) is 0 Å². The summed E-state index contributed by atoms with van der Waals surface area (Å²) in [6.45, 7) is 7.19. The van der Waals surface area contributed by atoms with Crippen LogP contribution >= 0.6 is 0 Å². The van der Waals surface area contributed by atoms with Crippen LogP contribution < -0.4 is 5.19 Å². The molecule has 0 radical (unpaired) electrons. The number of hydrogen-bond donors (Lipinski definition) is 0. The molecule has 0 spiro atoms. The summed E-state index contributed by atoms with van der Waals surface area (Å²) in [4.78, 5) is 0. The maximum absolute atomic E-state index is 2.40. The quantitative estimate of drug-likeness (QED) is 0.152. The molecule has 0 N–H and O–H groups in total. The van der Waals surface area contributed by atoms with Gasteiger partial charge in [-0.05, 0) is 74.3 Å². The van der Waals surface area contributed by atoms with E-state index in [-0.39, 0.29) is 0 Å². The first-order valence-corrected chi connectivity index (χ1v) is 20.6. The minimum absolute atomic E-state index is 1.15. The molecule has 0 bridgehead atoms. The number of aromatic nitrogens is 1. The Kier molecular flexibility index (Phi) is 7.95. The van der Waals surface area contributed by atoms with Crippen molar-refractivity contribution in [3.05, 3.63) is 182 Å². The first-order chi connectivity index (χ1) is 23.9. The first-order valence-electron chi connectivity index (χ1n) is 17.1. The second-order valence-corrected chi connectivity index (χ2v) is 19.0. The minimum atomic E-state index is -1.33. The lowest BCUT2D eigenvalue weighted by Gasteiger charge is -2.17. The van der Waals surface area contributed by atoms with E-state index in [4.69, 9.17) is 0 Å². The molecule has 0 unspecified atom stereocenters. The van der Waals surface area contributed by atoms with Crippen molar-refractivity contribution in [3.8, 4) is 61.3 Å². The van der Waals surface area contributed by atoms with Gasteiger partial charge in [-0.25, -0.2) is 0 Å². The maximum Gasteiger partial charge on any atom is 0.0775 e. The lowest BCUT2D eigenvalue weighted by Crippen LogP contribution is -2.37. The molecule has 1 nitrogen and oxygen atoms in total.